The molecule has 0 spiro atoms. The van der Waals surface area contributed by atoms with Gasteiger partial charge in [-0.05, 0) is 43.1 Å². The Morgan fingerprint density at radius 1 is 0.871 bits per heavy atom. The zero-order chi connectivity index (χ0) is 23.6. The minimum atomic E-state index is -0.377. The molecule has 0 amide bonds. The van der Waals surface area contributed by atoms with Crippen LogP contribution in [0.3, 0.4) is 0 Å². The third-order valence-electron chi connectivity index (χ3n) is 5.30. The number of carbonyl (C=O) groups is 2. The molecular weight excluding hydrogens is 388 g/mol. The molecule has 0 N–H and O–H groups in total. The van der Waals surface area contributed by atoms with Crippen LogP contribution in [0.15, 0.2) is 35.9 Å². The highest BCUT2D eigenvalue weighted by molar-refractivity contribution is 5.98. The molecule has 0 aromatic heterocycles. The summed E-state index contributed by atoms with van der Waals surface area (Å²) in [6, 6.07) is 7.57. The van der Waals surface area contributed by atoms with Gasteiger partial charge in [-0.15, -0.1) is 0 Å². The molecule has 0 aliphatic carbocycles. The Morgan fingerprint density at radius 2 is 1.35 bits per heavy atom. The number of carbonyl (C=O) groups excluding carboxylic acids is 2. The van der Waals surface area contributed by atoms with Crippen LogP contribution in [0.1, 0.15) is 79.4 Å². The third kappa shape index (κ3) is 6.19. The highest BCUT2D eigenvalue weighted by Crippen LogP contribution is 2.47. The zero-order valence-electron chi connectivity index (χ0n) is 20.4. The Balaban J connectivity index is 2.73. The van der Waals surface area contributed by atoms with Crippen molar-refractivity contribution in [2.75, 3.05) is 0 Å². The molecule has 0 aliphatic rings. The van der Waals surface area contributed by atoms with Crippen molar-refractivity contribution in [3.8, 4) is 11.5 Å². The lowest BCUT2D eigenvalue weighted by atomic mass is 9.76. The zero-order valence-corrected chi connectivity index (χ0v) is 20.4. The maximum Gasteiger partial charge on any atom is 0.308 e. The second-order valence-corrected chi connectivity index (χ2v) is 10.3. The highest BCUT2D eigenvalue weighted by Gasteiger charge is 2.31. The quantitative estimate of drug-likeness (QED) is 0.283. The van der Waals surface area contributed by atoms with E-state index in [1.165, 1.54) is 19.4 Å². The first-order valence-corrected chi connectivity index (χ1v) is 10.8. The highest BCUT2D eigenvalue weighted by atomic mass is 16.5. The topological polar surface area (TPSA) is 52.6 Å². The smallest absolute Gasteiger partial charge is 0.308 e. The predicted octanol–water partition coefficient (Wildman–Crippen LogP) is 7.05. The molecule has 0 fully saturated rings. The van der Waals surface area contributed by atoms with Crippen molar-refractivity contribution in [1.82, 2.24) is 0 Å². The van der Waals surface area contributed by atoms with E-state index >= 15 is 0 Å². The molecule has 0 atom stereocenters. The van der Waals surface area contributed by atoms with E-state index in [0.29, 0.717) is 11.5 Å². The van der Waals surface area contributed by atoms with E-state index in [1.54, 1.807) is 0 Å². The summed E-state index contributed by atoms with van der Waals surface area (Å²) in [4.78, 5) is 23.9. The summed E-state index contributed by atoms with van der Waals surface area (Å²) in [7, 11) is 0. The first-order valence-electron chi connectivity index (χ1n) is 10.8. The van der Waals surface area contributed by atoms with Gasteiger partial charge in [0.1, 0.15) is 11.5 Å². The molecule has 0 radical (unpaired) electrons. The first kappa shape index (κ1) is 24.6. The number of benzene rings is 2. The largest absolute Gasteiger partial charge is 0.426 e. The summed E-state index contributed by atoms with van der Waals surface area (Å²) >= 11 is 0. The third-order valence-corrected chi connectivity index (χ3v) is 5.30. The van der Waals surface area contributed by atoms with Gasteiger partial charge in [-0.2, -0.15) is 0 Å². The Labute approximate surface area is 186 Å². The van der Waals surface area contributed by atoms with E-state index in [-0.39, 0.29) is 22.8 Å². The Hall–Kier alpha value is -2.62. The van der Waals surface area contributed by atoms with Crippen molar-refractivity contribution in [3.05, 3.63) is 47.0 Å². The summed E-state index contributed by atoms with van der Waals surface area (Å²) < 4.78 is 11.4. The van der Waals surface area contributed by atoms with Gasteiger partial charge in [0.25, 0.3) is 0 Å². The molecule has 4 nitrogen and oxygen atoms in total. The maximum atomic E-state index is 12.0. The molecule has 0 heterocycles. The fourth-order valence-electron chi connectivity index (χ4n) is 4.28. The van der Waals surface area contributed by atoms with Gasteiger partial charge >= 0.3 is 11.9 Å². The Kier molecular flexibility index (Phi) is 7.36. The molecule has 31 heavy (non-hydrogen) atoms. The minimum Gasteiger partial charge on any atom is -0.426 e. The van der Waals surface area contributed by atoms with Crippen LogP contribution in [-0.2, 0) is 15.0 Å². The average molecular weight is 425 g/mol. The minimum absolute atomic E-state index is 0.217. The van der Waals surface area contributed by atoms with Crippen LogP contribution in [0, 0.1) is 12.3 Å². The molecule has 0 saturated carbocycles. The van der Waals surface area contributed by atoms with Gasteiger partial charge in [-0.25, -0.2) is 0 Å². The fourth-order valence-corrected chi connectivity index (χ4v) is 4.28. The van der Waals surface area contributed by atoms with Crippen LogP contribution in [0.25, 0.3) is 10.8 Å². The van der Waals surface area contributed by atoms with Crippen molar-refractivity contribution in [2.45, 2.75) is 80.6 Å². The van der Waals surface area contributed by atoms with E-state index in [0.717, 1.165) is 34.7 Å². The van der Waals surface area contributed by atoms with E-state index in [9.17, 15) is 9.59 Å². The molecule has 2 rings (SSSR count). The number of ether oxygens (including phenoxy) is 2. The van der Waals surface area contributed by atoms with Crippen LogP contribution in [0.2, 0.25) is 0 Å². The number of allylic oxidation sites excluding steroid dienone is 2. The van der Waals surface area contributed by atoms with Gasteiger partial charge < -0.3 is 9.47 Å². The number of rotatable bonds is 6. The Bertz CT molecular complexity index is 1020. The molecule has 4 heteroatoms. The standard InChI is InChI=1S/C27H36O4/c1-17(16-26(5,6)7)14-15-27(8,9)23-18(2)24(30-19(3)28)21-12-10-11-13-22(21)25(23)31-20(4)29/h10-14H,15-16H2,1-9H3/b17-14+. The lowest BCUT2D eigenvalue weighted by Crippen LogP contribution is -2.22. The van der Waals surface area contributed by atoms with Gasteiger partial charge in [-0.3, -0.25) is 9.59 Å². The van der Waals surface area contributed by atoms with Crippen LogP contribution < -0.4 is 9.47 Å². The van der Waals surface area contributed by atoms with E-state index in [2.05, 4.69) is 47.6 Å². The van der Waals surface area contributed by atoms with Gasteiger partial charge in [0.15, 0.2) is 0 Å². The van der Waals surface area contributed by atoms with Crippen molar-refractivity contribution in [1.29, 1.82) is 0 Å². The number of esters is 2. The molecule has 168 valence electrons. The second kappa shape index (κ2) is 9.25. The van der Waals surface area contributed by atoms with E-state index < -0.39 is 0 Å². The van der Waals surface area contributed by atoms with E-state index in [1.807, 2.05) is 31.2 Å². The van der Waals surface area contributed by atoms with Crippen molar-refractivity contribution < 1.29 is 19.1 Å². The van der Waals surface area contributed by atoms with E-state index in [4.69, 9.17) is 9.47 Å². The monoisotopic (exact) mass is 424 g/mol. The number of hydrogen-bond acceptors (Lipinski definition) is 4. The molecule has 0 unspecified atom stereocenters. The number of hydrogen-bond donors (Lipinski definition) is 0. The molecule has 0 saturated heterocycles. The van der Waals surface area contributed by atoms with Gasteiger partial charge in [0.2, 0.25) is 0 Å². The van der Waals surface area contributed by atoms with Gasteiger partial charge in [0.05, 0.1) is 0 Å². The summed E-state index contributed by atoms with van der Waals surface area (Å²) in [5.41, 5.74) is 2.89. The summed E-state index contributed by atoms with van der Waals surface area (Å²) in [5, 5.41) is 1.52. The van der Waals surface area contributed by atoms with Crippen LogP contribution >= 0.6 is 0 Å². The lowest BCUT2D eigenvalue weighted by molar-refractivity contribution is -0.133. The fraction of sp³-hybridized carbons (Fsp3) is 0.481. The molecule has 2 aromatic carbocycles. The van der Waals surface area contributed by atoms with Crippen LogP contribution in [0.5, 0.6) is 11.5 Å². The molecule has 0 aliphatic heterocycles. The number of fused-ring (bicyclic) bond motifs is 1. The molecular formula is C27H36O4. The van der Waals surface area contributed by atoms with Crippen LogP contribution in [0.4, 0.5) is 0 Å². The van der Waals surface area contributed by atoms with Gasteiger partial charge in [-0.1, -0.05) is 70.5 Å². The van der Waals surface area contributed by atoms with Crippen molar-refractivity contribution in [3.63, 3.8) is 0 Å². The summed E-state index contributed by atoms with van der Waals surface area (Å²) in [5.74, 6) is 0.320. The van der Waals surface area contributed by atoms with Gasteiger partial charge in [0, 0.05) is 30.2 Å². The maximum absolute atomic E-state index is 12.0. The second-order valence-electron chi connectivity index (χ2n) is 10.3. The van der Waals surface area contributed by atoms with Crippen molar-refractivity contribution in [2.24, 2.45) is 5.41 Å². The molecule has 0 bridgehead atoms. The first-order chi connectivity index (χ1) is 14.2. The van der Waals surface area contributed by atoms with Crippen LogP contribution in [-0.4, -0.2) is 11.9 Å². The lowest BCUT2D eigenvalue weighted by Gasteiger charge is -2.30. The van der Waals surface area contributed by atoms with Crippen molar-refractivity contribution >= 4 is 22.7 Å². The Morgan fingerprint density at radius 3 is 1.84 bits per heavy atom. The summed E-state index contributed by atoms with van der Waals surface area (Å²) in [6.45, 7) is 17.9. The average Bonchev–Trinajstić information content (AvgIpc) is 2.61. The summed E-state index contributed by atoms with van der Waals surface area (Å²) in [6.07, 6.45) is 4.04. The molecule has 2 aromatic rings. The SMILES string of the molecule is CC(=O)Oc1c(C)c(C(C)(C)C/C=C(\C)CC(C)(C)C)c(OC(C)=O)c2ccccc12. The predicted molar refractivity (Wildman–Crippen MR) is 127 cm³/mol. The normalized spacial score (nSPS) is 12.7.